The first-order valence-corrected chi connectivity index (χ1v) is 3.75. The Balaban J connectivity index is 4.66. The van der Waals surface area contributed by atoms with E-state index in [1.54, 1.807) is 13.0 Å². The largest absolute Gasteiger partial charge is 0.351 e. The highest BCUT2D eigenvalue weighted by Crippen LogP contribution is 2.05. The van der Waals surface area contributed by atoms with E-state index in [9.17, 15) is 4.79 Å². The van der Waals surface area contributed by atoms with Crippen molar-refractivity contribution >= 4 is 12.6 Å². The van der Waals surface area contributed by atoms with E-state index in [2.05, 4.69) is 23.6 Å². The molecule has 0 heterocycles. The highest BCUT2D eigenvalue weighted by molar-refractivity contribution is 5.94. The number of allylic oxidation sites excluding steroid dienone is 2. The van der Waals surface area contributed by atoms with Crippen molar-refractivity contribution in [3.8, 4) is 0 Å². The van der Waals surface area contributed by atoms with Gasteiger partial charge in [0.2, 0.25) is 0 Å². The molecule has 0 aromatic carbocycles. The van der Waals surface area contributed by atoms with Gasteiger partial charge >= 0.3 is 0 Å². The number of nitrogens with one attached hydrogen (secondary N) is 1. The average molecular weight is 166 g/mol. The number of amides is 1. The van der Waals surface area contributed by atoms with Crippen LogP contribution in [0.4, 0.5) is 0 Å². The van der Waals surface area contributed by atoms with Crippen LogP contribution in [-0.4, -0.2) is 19.2 Å². The molecule has 0 fully saturated rings. The molecule has 0 rings (SSSR count). The topological polar surface area (TPSA) is 41.5 Å². The fourth-order valence-electron chi connectivity index (χ4n) is 0.717. The van der Waals surface area contributed by atoms with Crippen LogP contribution in [0.5, 0.6) is 0 Å². The van der Waals surface area contributed by atoms with Crippen molar-refractivity contribution in [2.75, 3.05) is 6.54 Å². The summed E-state index contributed by atoms with van der Waals surface area (Å²) in [4.78, 5) is 14.8. The van der Waals surface area contributed by atoms with E-state index in [-0.39, 0.29) is 5.91 Å². The first-order chi connectivity index (χ1) is 5.67. The Labute approximate surface area is 72.9 Å². The van der Waals surface area contributed by atoms with Gasteiger partial charge in [-0.3, -0.25) is 9.79 Å². The number of nitrogens with zero attached hydrogens (tertiary/aromatic N) is 1. The fraction of sp³-hybridized carbons (Fsp3) is 0.333. The molecule has 0 saturated heterocycles. The minimum absolute atomic E-state index is 0.204. The van der Waals surface area contributed by atoms with Gasteiger partial charge in [-0.25, -0.2) is 0 Å². The molecule has 0 radical (unpaired) electrons. The number of likely N-dealkylation sites (N-methyl/N-ethyl adjacent to an activating group) is 1. The van der Waals surface area contributed by atoms with E-state index >= 15 is 0 Å². The average Bonchev–Trinajstić information content (AvgIpc) is 2.06. The zero-order valence-corrected chi connectivity index (χ0v) is 7.55. The Bertz CT molecular complexity index is 229. The number of hydrogen-bond acceptors (Lipinski definition) is 2. The summed E-state index contributed by atoms with van der Waals surface area (Å²) >= 11 is 0. The molecule has 12 heavy (non-hydrogen) atoms. The Morgan fingerprint density at radius 1 is 1.67 bits per heavy atom. The number of hydrogen-bond donors (Lipinski definition) is 1. The third-order valence-electron chi connectivity index (χ3n) is 1.39. The molecule has 0 aliphatic rings. The molecule has 1 amide bonds. The molecule has 0 aliphatic carbocycles. The monoisotopic (exact) mass is 166 g/mol. The predicted octanol–water partition coefficient (Wildman–Crippen LogP) is 1.28. The van der Waals surface area contributed by atoms with E-state index in [4.69, 9.17) is 0 Å². The minimum Gasteiger partial charge on any atom is -0.351 e. The van der Waals surface area contributed by atoms with Crippen molar-refractivity contribution in [2.24, 2.45) is 4.99 Å². The zero-order chi connectivity index (χ0) is 9.56. The lowest BCUT2D eigenvalue weighted by Crippen LogP contribution is -2.24. The van der Waals surface area contributed by atoms with E-state index in [0.29, 0.717) is 12.2 Å². The molecule has 66 valence electrons. The maximum atomic E-state index is 11.2. The van der Waals surface area contributed by atoms with Crippen LogP contribution < -0.4 is 5.32 Å². The van der Waals surface area contributed by atoms with Crippen LogP contribution in [0.15, 0.2) is 28.9 Å². The van der Waals surface area contributed by atoms with Crippen LogP contribution in [0, 0.1) is 0 Å². The fourth-order valence-corrected chi connectivity index (χ4v) is 0.717. The molecule has 0 atom stereocenters. The lowest BCUT2D eigenvalue weighted by atomic mass is 10.2. The van der Waals surface area contributed by atoms with Crippen LogP contribution in [0.2, 0.25) is 0 Å². The van der Waals surface area contributed by atoms with Gasteiger partial charge in [-0.2, -0.15) is 0 Å². The van der Waals surface area contributed by atoms with Gasteiger partial charge in [-0.1, -0.05) is 12.7 Å². The molecule has 1 N–H and O–H groups in total. The summed E-state index contributed by atoms with van der Waals surface area (Å²) in [5, 5.41) is 2.63. The minimum atomic E-state index is -0.204. The van der Waals surface area contributed by atoms with Gasteiger partial charge in [0.1, 0.15) is 5.70 Å². The lowest BCUT2D eigenvalue weighted by Gasteiger charge is -2.03. The molecule has 0 aromatic heterocycles. The molecule has 0 spiro atoms. The maximum Gasteiger partial charge on any atom is 0.270 e. The third-order valence-corrected chi connectivity index (χ3v) is 1.39. The molecule has 0 aliphatic heterocycles. The first kappa shape index (κ1) is 10.6. The second-order valence-electron chi connectivity index (χ2n) is 2.25. The molecule has 0 aromatic rings. The molecule has 0 unspecified atom stereocenters. The van der Waals surface area contributed by atoms with E-state index in [0.717, 1.165) is 5.57 Å². The van der Waals surface area contributed by atoms with Gasteiger partial charge in [-0.05, 0) is 26.1 Å². The normalized spacial score (nSPS) is 11.5. The molecule has 0 saturated carbocycles. The number of rotatable bonds is 4. The van der Waals surface area contributed by atoms with E-state index in [1.807, 2.05) is 6.92 Å². The van der Waals surface area contributed by atoms with Gasteiger partial charge in [0.05, 0.1) is 0 Å². The Hall–Kier alpha value is -1.38. The second kappa shape index (κ2) is 5.29. The molecular formula is C9H14N2O. The van der Waals surface area contributed by atoms with E-state index < -0.39 is 0 Å². The summed E-state index contributed by atoms with van der Waals surface area (Å²) in [5.41, 5.74) is 1.07. The summed E-state index contributed by atoms with van der Waals surface area (Å²) in [6, 6.07) is 0. The molecule has 0 bridgehead atoms. The summed E-state index contributed by atoms with van der Waals surface area (Å²) < 4.78 is 0. The van der Waals surface area contributed by atoms with Crippen LogP contribution in [-0.2, 0) is 4.79 Å². The number of aliphatic imine (C=N–C) groups is 1. The maximum absolute atomic E-state index is 11.2. The lowest BCUT2D eigenvalue weighted by molar-refractivity contribution is -0.117. The Kier molecular flexibility index (Phi) is 4.69. The third kappa shape index (κ3) is 2.70. The van der Waals surface area contributed by atoms with Crippen molar-refractivity contribution in [3.63, 3.8) is 0 Å². The van der Waals surface area contributed by atoms with Crippen molar-refractivity contribution in [3.05, 3.63) is 23.9 Å². The van der Waals surface area contributed by atoms with E-state index in [1.165, 1.54) is 0 Å². The number of carbonyl (C=O) groups is 1. The second-order valence-corrected chi connectivity index (χ2v) is 2.25. The SMILES string of the molecule is C=C/C(C)=C(\N=C)C(=O)NCC. The first-order valence-electron chi connectivity index (χ1n) is 3.75. The summed E-state index contributed by atoms with van der Waals surface area (Å²) in [7, 11) is 0. The van der Waals surface area contributed by atoms with Crippen LogP contribution in [0.1, 0.15) is 13.8 Å². The quantitative estimate of drug-likeness (QED) is 0.381. The highest BCUT2D eigenvalue weighted by Gasteiger charge is 2.07. The molecular weight excluding hydrogens is 152 g/mol. The van der Waals surface area contributed by atoms with Crippen molar-refractivity contribution in [1.29, 1.82) is 0 Å². The summed E-state index contributed by atoms with van der Waals surface area (Å²) in [6.07, 6.45) is 1.58. The Morgan fingerprint density at radius 3 is 2.58 bits per heavy atom. The van der Waals surface area contributed by atoms with Crippen LogP contribution >= 0.6 is 0 Å². The summed E-state index contributed by atoms with van der Waals surface area (Å²) in [5.74, 6) is -0.204. The van der Waals surface area contributed by atoms with Crippen molar-refractivity contribution in [2.45, 2.75) is 13.8 Å². The smallest absolute Gasteiger partial charge is 0.270 e. The van der Waals surface area contributed by atoms with Crippen molar-refractivity contribution in [1.82, 2.24) is 5.32 Å². The van der Waals surface area contributed by atoms with Gasteiger partial charge in [0.25, 0.3) is 5.91 Å². The van der Waals surface area contributed by atoms with Gasteiger partial charge < -0.3 is 5.32 Å². The van der Waals surface area contributed by atoms with Crippen molar-refractivity contribution < 1.29 is 4.79 Å². The summed E-state index contributed by atoms with van der Waals surface area (Å²) in [6.45, 7) is 11.1. The predicted molar refractivity (Wildman–Crippen MR) is 51.1 cm³/mol. The number of carbonyl (C=O) groups excluding carboxylic acids is 1. The Morgan fingerprint density at radius 2 is 2.25 bits per heavy atom. The zero-order valence-electron chi connectivity index (χ0n) is 7.55. The van der Waals surface area contributed by atoms with Crippen LogP contribution in [0.3, 0.4) is 0 Å². The van der Waals surface area contributed by atoms with Gasteiger partial charge in [0.15, 0.2) is 0 Å². The van der Waals surface area contributed by atoms with Crippen LogP contribution in [0.25, 0.3) is 0 Å². The van der Waals surface area contributed by atoms with Gasteiger partial charge in [0, 0.05) is 6.54 Å². The van der Waals surface area contributed by atoms with Gasteiger partial charge in [-0.15, -0.1) is 0 Å². The molecule has 3 nitrogen and oxygen atoms in total. The standard InChI is InChI=1S/C9H14N2O/c1-5-7(3)8(10-4)9(12)11-6-2/h5H,1,4,6H2,2-3H3,(H,11,12)/b8-7-. The molecule has 3 heteroatoms. The highest BCUT2D eigenvalue weighted by atomic mass is 16.2.